The van der Waals surface area contributed by atoms with Crippen LogP contribution in [0.3, 0.4) is 0 Å². The van der Waals surface area contributed by atoms with Crippen molar-refractivity contribution in [2.24, 2.45) is 7.05 Å². The van der Waals surface area contributed by atoms with Crippen LogP contribution in [-0.2, 0) is 19.8 Å². The molecule has 11 heteroatoms. The van der Waals surface area contributed by atoms with Crippen LogP contribution in [0.2, 0.25) is 0 Å². The molecule has 36 heavy (non-hydrogen) atoms. The number of nitrogens with zero attached hydrogens (tertiary/aromatic N) is 7. The Hall–Kier alpha value is -5.03. The zero-order valence-electron chi connectivity index (χ0n) is 18.6. The molecule has 0 atom stereocenters. The summed E-state index contributed by atoms with van der Waals surface area (Å²) in [4.78, 5) is 18.4. The minimum atomic E-state index is -4.63. The highest BCUT2D eigenvalue weighted by atomic mass is 19.4. The molecule has 0 saturated heterocycles. The molecule has 1 aliphatic heterocycles. The second-order valence-corrected chi connectivity index (χ2v) is 8.07. The van der Waals surface area contributed by atoms with Gasteiger partial charge in [0, 0.05) is 18.2 Å². The maximum atomic E-state index is 13.6. The first-order valence-corrected chi connectivity index (χ1v) is 10.5. The summed E-state index contributed by atoms with van der Waals surface area (Å²) in [6, 6.07) is 15.4. The fraction of sp³-hybridized carbons (Fsp3) is 0.120. The van der Waals surface area contributed by atoms with Gasteiger partial charge in [-0.15, -0.1) is 10.2 Å². The number of pyridine rings is 1. The fourth-order valence-electron chi connectivity index (χ4n) is 4.23. The number of nitriles is 2. The van der Waals surface area contributed by atoms with Crippen molar-refractivity contribution in [2.75, 3.05) is 4.90 Å². The third-order valence-corrected chi connectivity index (χ3v) is 5.89. The molecule has 0 unspecified atom stereocenters. The monoisotopic (exact) mass is 485 g/mol. The topological polar surface area (TPSA) is 111 Å². The molecule has 0 bridgehead atoms. The van der Waals surface area contributed by atoms with Crippen molar-refractivity contribution in [1.29, 1.82) is 10.5 Å². The minimum Gasteiger partial charge on any atom is -0.317 e. The smallest absolute Gasteiger partial charge is 0.317 e. The summed E-state index contributed by atoms with van der Waals surface area (Å²) in [6.45, 7) is -0.348. The van der Waals surface area contributed by atoms with Gasteiger partial charge in [0.25, 0.3) is 5.91 Å². The number of aromatic nitrogens is 4. The van der Waals surface area contributed by atoms with Crippen molar-refractivity contribution < 1.29 is 18.0 Å². The van der Waals surface area contributed by atoms with Gasteiger partial charge in [0.2, 0.25) is 0 Å². The summed E-state index contributed by atoms with van der Waals surface area (Å²) in [6.07, 6.45) is -3.12. The standard InChI is InChI=1S/C25H14F3N7O/c1-34-13-31-33-23(34)17-6-5-14(10-29)7-19(17)15-8-16(11-30)32-22(9-15)35-12-20-18(24(35)36)3-2-4-21(20)25(26,27)28/h2-9,13H,12H2,1H3. The van der Waals surface area contributed by atoms with E-state index in [0.717, 1.165) is 11.0 Å². The van der Waals surface area contributed by atoms with Crippen LogP contribution in [0.1, 0.15) is 32.7 Å². The Balaban J connectivity index is 1.67. The van der Waals surface area contributed by atoms with E-state index in [1.807, 2.05) is 6.07 Å². The quantitative estimate of drug-likeness (QED) is 0.423. The number of anilines is 1. The van der Waals surface area contributed by atoms with Gasteiger partial charge in [0.05, 0.1) is 23.7 Å². The lowest BCUT2D eigenvalue weighted by Gasteiger charge is -2.18. The van der Waals surface area contributed by atoms with Crippen molar-refractivity contribution >= 4 is 11.7 Å². The van der Waals surface area contributed by atoms with E-state index in [1.54, 1.807) is 29.8 Å². The van der Waals surface area contributed by atoms with E-state index >= 15 is 0 Å². The van der Waals surface area contributed by atoms with Crippen LogP contribution in [0.15, 0.2) is 54.9 Å². The number of rotatable bonds is 3. The Morgan fingerprint density at radius 1 is 1.00 bits per heavy atom. The normalized spacial score (nSPS) is 12.8. The van der Waals surface area contributed by atoms with Crippen LogP contribution < -0.4 is 4.90 Å². The number of carbonyl (C=O) groups excluding carboxylic acids is 1. The Labute approximate surface area is 202 Å². The molecule has 0 saturated carbocycles. The molecule has 0 N–H and O–H groups in total. The van der Waals surface area contributed by atoms with E-state index < -0.39 is 17.6 Å². The second-order valence-electron chi connectivity index (χ2n) is 8.07. The molecule has 0 spiro atoms. The summed E-state index contributed by atoms with van der Waals surface area (Å²) in [5.41, 5.74) is 0.746. The lowest BCUT2D eigenvalue weighted by molar-refractivity contribution is -0.138. The molecule has 0 radical (unpaired) electrons. The summed E-state index contributed by atoms with van der Waals surface area (Å²) >= 11 is 0. The van der Waals surface area contributed by atoms with E-state index in [1.165, 1.54) is 30.6 Å². The first kappa shape index (κ1) is 22.7. The molecule has 2 aromatic carbocycles. The number of hydrogen-bond donors (Lipinski definition) is 0. The molecule has 0 aliphatic carbocycles. The third-order valence-electron chi connectivity index (χ3n) is 5.89. The second kappa shape index (κ2) is 8.32. The van der Waals surface area contributed by atoms with Crippen molar-refractivity contribution in [3.8, 4) is 34.7 Å². The van der Waals surface area contributed by atoms with Gasteiger partial charge >= 0.3 is 6.18 Å². The number of hydrogen-bond acceptors (Lipinski definition) is 6. The highest BCUT2D eigenvalue weighted by molar-refractivity contribution is 6.10. The largest absolute Gasteiger partial charge is 0.416 e. The first-order chi connectivity index (χ1) is 17.2. The molecule has 4 aromatic rings. The maximum absolute atomic E-state index is 13.6. The Morgan fingerprint density at radius 2 is 1.81 bits per heavy atom. The molecule has 5 rings (SSSR count). The number of amides is 1. The zero-order chi connectivity index (χ0) is 25.6. The summed E-state index contributed by atoms with van der Waals surface area (Å²) in [5.74, 6) is -0.139. The number of halogens is 3. The summed E-state index contributed by atoms with van der Waals surface area (Å²) < 4.78 is 42.4. The van der Waals surface area contributed by atoms with Gasteiger partial charge in [-0.2, -0.15) is 23.7 Å². The third kappa shape index (κ3) is 3.73. The number of carbonyl (C=O) groups is 1. The van der Waals surface area contributed by atoms with Gasteiger partial charge in [0.1, 0.15) is 23.9 Å². The molecule has 1 amide bonds. The van der Waals surface area contributed by atoms with Gasteiger partial charge in [-0.25, -0.2) is 4.98 Å². The van der Waals surface area contributed by atoms with Crippen molar-refractivity contribution in [3.63, 3.8) is 0 Å². The molecule has 3 heterocycles. The van der Waals surface area contributed by atoms with Crippen LogP contribution in [0.5, 0.6) is 0 Å². The highest BCUT2D eigenvalue weighted by Gasteiger charge is 2.40. The van der Waals surface area contributed by atoms with Gasteiger partial charge < -0.3 is 4.57 Å². The van der Waals surface area contributed by atoms with Crippen molar-refractivity contribution in [1.82, 2.24) is 19.7 Å². The molecular weight excluding hydrogens is 471 g/mol. The molecule has 176 valence electrons. The zero-order valence-corrected chi connectivity index (χ0v) is 18.6. The van der Waals surface area contributed by atoms with E-state index in [9.17, 15) is 28.5 Å². The van der Waals surface area contributed by atoms with Gasteiger partial charge in [0.15, 0.2) is 5.82 Å². The fourth-order valence-corrected chi connectivity index (χ4v) is 4.23. The van der Waals surface area contributed by atoms with Crippen LogP contribution in [-0.4, -0.2) is 25.7 Å². The van der Waals surface area contributed by atoms with Crippen LogP contribution >= 0.6 is 0 Å². The predicted molar refractivity (Wildman–Crippen MR) is 121 cm³/mol. The maximum Gasteiger partial charge on any atom is 0.416 e. The molecule has 2 aromatic heterocycles. The number of benzene rings is 2. The average molecular weight is 485 g/mol. The number of alkyl halides is 3. The van der Waals surface area contributed by atoms with Crippen LogP contribution in [0.25, 0.3) is 22.5 Å². The molecular formula is C25H14F3N7O. The first-order valence-electron chi connectivity index (χ1n) is 10.5. The summed E-state index contributed by atoms with van der Waals surface area (Å²) in [5, 5.41) is 27.1. The van der Waals surface area contributed by atoms with Gasteiger partial charge in [-0.05, 0) is 59.2 Å². The molecule has 8 nitrogen and oxygen atoms in total. The van der Waals surface area contributed by atoms with E-state index in [4.69, 9.17) is 0 Å². The predicted octanol–water partition coefficient (Wildman–Crippen LogP) is 4.47. The Kier molecular flexibility index (Phi) is 5.26. The van der Waals surface area contributed by atoms with Crippen molar-refractivity contribution in [2.45, 2.75) is 12.7 Å². The van der Waals surface area contributed by atoms with Gasteiger partial charge in [-0.1, -0.05) is 6.07 Å². The van der Waals surface area contributed by atoms with E-state index in [0.29, 0.717) is 28.1 Å². The van der Waals surface area contributed by atoms with Crippen LogP contribution in [0.4, 0.5) is 19.0 Å². The van der Waals surface area contributed by atoms with Crippen LogP contribution in [0, 0.1) is 22.7 Å². The van der Waals surface area contributed by atoms with E-state index in [2.05, 4.69) is 21.3 Å². The van der Waals surface area contributed by atoms with E-state index in [-0.39, 0.29) is 29.2 Å². The number of fused-ring (bicyclic) bond motifs is 1. The molecule has 1 aliphatic rings. The average Bonchev–Trinajstić information content (AvgIpc) is 3.45. The van der Waals surface area contributed by atoms with Gasteiger partial charge in [-0.3, -0.25) is 9.69 Å². The molecule has 0 fully saturated rings. The van der Waals surface area contributed by atoms with Crippen molar-refractivity contribution in [3.05, 3.63) is 82.8 Å². The Morgan fingerprint density at radius 3 is 2.47 bits per heavy atom. The Bertz CT molecular complexity index is 1630. The summed E-state index contributed by atoms with van der Waals surface area (Å²) in [7, 11) is 1.74. The lowest BCUT2D eigenvalue weighted by Crippen LogP contribution is -2.24. The minimum absolute atomic E-state index is 0.0182. The highest BCUT2D eigenvalue weighted by Crippen LogP contribution is 2.39. The SMILES string of the molecule is Cn1cnnc1-c1ccc(C#N)cc1-c1cc(C#N)nc(N2Cc3c(cccc3C(F)(F)F)C2=O)c1. The lowest BCUT2D eigenvalue weighted by atomic mass is 9.96. The number of aryl methyl sites for hydroxylation is 1.